The van der Waals surface area contributed by atoms with E-state index in [1.165, 1.54) is 37.2 Å². The molecule has 10 nitrogen and oxygen atoms in total. The summed E-state index contributed by atoms with van der Waals surface area (Å²) in [5.41, 5.74) is 2.43. The molecule has 238 valence electrons. The number of furan rings is 1. The van der Waals surface area contributed by atoms with Gasteiger partial charge in [0.2, 0.25) is 0 Å². The van der Waals surface area contributed by atoms with E-state index in [0.29, 0.717) is 60.3 Å². The minimum atomic E-state index is -0.901. The van der Waals surface area contributed by atoms with E-state index in [1.54, 1.807) is 67.6 Å². The van der Waals surface area contributed by atoms with Gasteiger partial charge in [-0.1, -0.05) is 65.9 Å². The second kappa shape index (κ2) is 13.4. The summed E-state index contributed by atoms with van der Waals surface area (Å²) in [5.74, 6) is 0.669. The molecular weight excluding hydrogens is 620 g/mol. The third-order valence-corrected chi connectivity index (χ3v) is 8.58. The quantitative estimate of drug-likeness (QED) is 0.205. The van der Waals surface area contributed by atoms with Gasteiger partial charge in [0, 0.05) is 17.2 Å². The maximum atomic E-state index is 14.3. The minimum Gasteiger partial charge on any atom is -0.493 e. The lowest BCUT2D eigenvalue weighted by Gasteiger charge is -2.26. The number of esters is 2. The smallest absolute Gasteiger partial charge is 0.338 e. The summed E-state index contributed by atoms with van der Waals surface area (Å²) in [6, 6.07) is 24.0. The number of rotatable bonds is 9. The fourth-order valence-corrected chi connectivity index (χ4v) is 6.45. The Kier molecular flexibility index (Phi) is 8.90. The van der Waals surface area contributed by atoms with E-state index < -0.39 is 18.0 Å². The van der Waals surface area contributed by atoms with Gasteiger partial charge in [0.25, 0.3) is 5.56 Å². The van der Waals surface area contributed by atoms with Gasteiger partial charge in [-0.25, -0.2) is 14.6 Å². The normalized spacial score (nSPS) is 14.3. The largest absolute Gasteiger partial charge is 0.493 e. The van der Waals surface area contributed by atoms with E-state index in [9.17, 15) is 14.4 Å². The topological polar surface area (TPSA) is 119 Å². The fraction of sp³-hybridized carbons (Fsp3) is 0.167. The Morgan fingerprint density at radius 3 is 2.38 bits per heavy atom. The van der Waals surface area contributed by atoms with Crippen LogP contribution < -0.4 is 24.4 Å². The van der Waals surface area contributed by atoms with Gasteiger partial charge in [-0.15, -0.1) is 0 Å². The van der Waals surface area contributed by atoms with Crippen molar-refractivity contribution < 1.29 is 33.0 Å². The van der Waals surface area contributed by atoms with Gasteiger partial charge in [0.15, 0.2) is 16.3 Å². The van der Waals surface area contributed by atoms with Crippen LogP contribution in [0.15, 0.2) is 105 Å². The molecule has 0 spiro atoms. The van der Waals surface area contributed by atoms with Gasteiger partial charge in [0.1, 0.15) is 11.5 Å². The zero-order valence-corrected chi connectivity index (χ0v) is 26.8. The SMILES string of the molecule is CCOC(=O)C1=C(c2ccccc2)N=c2s/c(=C/c3ccc(-c4ccccc4C(=O)OC)o3)c(=O)n2[C@H]1c1ccc(OC)c(OC)c1. The number of nitrogens with zero attached hydrogens (tertiary/aromatic N) is 2. The number of ether oxygens (including phenoxy) is 4. The lowest BCUT2D eigenvalue weighted by molar-refractivity contribution is -0.138. The Bertz CT molecular complexity index is 2190. The third kappa shape index (κ3) is 5.88. The molecule has 0 saturated heterocycles. The zero-order valence-electron chi connectivity index (χ0n) is 26.0. The first-order valence-electron chi connectivity index (χ1n) is 14.7. The second-order valence-corrected chi connectivity index (χ2v) is 11.3. The molecule has 1 aliphatic heterocycles. The highest BCUT2D eigenvalue weighted by molar-refractivity contribution is 7.07. The van der Waals surface area contributed by atoms with Crippen molar-refractivity contribution in [3.8, 4) is 22.8 Å². The molecule has 11 heteroatoms. The Morgan fingerprint density at radius 2 is 1.66 bits per heavy atom. The van der Waals surface area contributed by atoms with Crippen molar-refractivity contribution in [1.29, 1.82) is 0 Å². The van der Waals surface area contributed by atoms with Crippen LogP contribution in [0.3, 0.4) is 0 Å². The number of fused-ring (bicyclic) bond motifs is 1. The number of hydrogen-bond donors (Lipinski definition) is 0. The highest BCUT2D eigenvalue weighted by Crippen LogP contribution is 2.38. The van der Waals surface area contributed by atoms with E-state index in [4.69, 9.17) is 28.4 Å². The first-order chi connectivity index (χ1) is 22.9. The van der Waals surface area contributed by atoms with Gasteiger partial charge < -0.3 is 23.4 Å². The van der Waals surface area contributed by atoms with Gasteiger partial charge >= 0.3 is 11.9 Å². The van der Waals surface area contributed by atoms with Crippen molar-refractivity contribution in [1.82, 2.24) is 4.57 Å². The highest BCUT2D eigenvalue weighted by Gasteiger charge is 2.35. The molecule has 3 aromatic carbocycles. The van der Waals surface area contributed by atoms with Crippen molar-refractivity contribution in [3.05, 3.63) is 133 Å². The van der Waals surface area contributed by atoms with Crippen LogP contribution >= 0.6 is 11.3 Å². The number of methoxy groups -OCH3 is 3. The lowest BCUT2D eigenvalue weighted by atomic mass is 9.93. The summed E-state index contributed by atoms with van der Waals surface area (Å²) >= 11 is 1.17. The van der Waals surface area contributed by atoms with Gasteiger partial charge in [0.05, 0.1) is 55.3 Å². The van der Waals surface area contributed by atoms with Crippen molar-refractivity contribution >= 4 is 35.0 Å². The highest BCUT2D eigenvalue weighted by atomic mass is 32.1. The molecule has 5 aromatic rings. The molecule has 0 N–H and O–H groups in total. The van der Waals surface area contributed by atoms with Gasteiger partial charge in [-0.05, 0) is 42.8 Å². The van der Waals surface area contributed by atoms with Gasteiger partial charge in [-0.2, -0.15) is 0 Å². The molecule has 0 amide bonds. The van der Waals surface area contributed by atoms with E-state index in [-0.39, 0.29) is 17.7 Å². The summed E-state index contributed by atoms with van der Waals surface area (Å²) in [7, 11) is 4.37. The first kappa shape index (κ1) is 31.3. The van der Waals surface area contributed by atoms with Gasteiger partial charge in [-0.3, -0.25) is 9.36 Å². The molecule has 0 fully saturated rings. The van der Waals surface area contributed by atoms with Crippen molar-refractivity contribution in [2.24, 2.45) is 4.99 Å². The number of carbonyl (C=O) groups excluding carboxylic acids is 2. The molecule has 1 atom stereocenters. The number of aromatic nitrogens is 1. The summed E-state index contributed by atoms with van der Waals surface area (Å²) < 4.78 is 29.4. The van der Waals surface area contributed by atoms with Crippen molar-refractivity contribution in [2.75, 3.05) is 27.9 Å². The molecule has 0 bridgehead atoms. The van der Waals surface area contributed by atoms with Crippen LogP contribution in [0.1, 0.15) is 40.2 Å². The molecule has 0 aliphatic carbocycles. The Hall–Kier alpha value is -5.68. The van der Waals surface area contributed by atoms with Crippen molar-refractivity contribution in [3.63, 3.8) is 0 Å². The minimum absolute atomic E-state index is 0.132. The van der Waals surface area contributed by atoms with E-state index in [1.807, 2.05) is 30.3 Å². The molecule has 1 aliphatic rings. The summed E-state index contributed by atoms with van der Waals surface area (Å²) in [6.07, 6.45) is 1.62. The molecule has 2 aromatic heterocycles. The van der Waals surface area contributed by atoms with E-state index >= 15 is 0 Å². The van der Waals surface area contributed by atoms with Crippen molar-refractivity contribution in [2.45, 2.75) is 13.0 Å². The first-order valence-corrected chi connectivity index (χ1v) is 15.5. The van der Waals surface area contributed by atoms with Crippen LogP contribution in [0.5, 0.6) is 11.5 Å². The van der Waals surface area contributed by atoms with Crippen LogP contribution in [0, 0.1) is 0 Å². The lowest BCUT2D eigenvalue weighted by Crippen LogP contribution is -2.40. The molecular formula is C36H30N2O8S. The molecule has 0 radical (unpaired) electrons. The summed E-state index contributed by atoms with van der Waals surface area (Å²) in [6.45, 7) is 1.86. The Morgan fingerprint density at radius 1 is 0.915 bits per heavy atom. The standard InChI is InChI=1S/C36H30N2O8S/c1-5-45-35(41)30-31(21-11-7-6-8-12-21)37-36-38(32(30)22-15-17-27(42-2)28(19-22)43-3)33(39)29(47-36)20-23-16-18-26(46-23)24-13-9-10-14-25(24)34(40)44-4/h6-20,32H,5H2,1-4H3/b29-20+/t32-/m0/s1. The predicted octanol–water partition coefficient (Wildman–Crippen LogP) is 5.00. The average molecular weight is 651 g/mol. The molecule has 0 saturated carbocycles. The average Bonchev–Trinajstić information content (AvgIpc) is 3.70. The van der Waals surface area contributed by atoms with Crippen LogP contribution in [0.25, 0.3) is 23.1 Å². The van der Waals surface area contributed by atoms with E-state index in [0.717, 1.165) is 0 Å². The number of benzene rings is 3. The maximum absolute atomic E-state index is 14.3. The molecule has 47 heavy (non-hydrogen) atoms. The Balaban J connectivity index is 1.56. The maximum Gasteiger partial charge on any atom is 0.338 e. The fourth-order valence-electron chi connectivity index (χ4n) is 5.47. The van der Waals surface area contributed by atoms with E-state index in [2.05, 4.69) is 0 Å². The molecule has 6 rings (SSSR count). The van der Waals surface area contributed by atoms with Crippen LogP contribution in [-0.4, -0.2) is 44.4 Å². The third-order valence-electron chi connectivity index (χ3n) is 7.59. The monoisotopic (exact) mass is 650 g/mol. The van der Waals surface area contributed by atoms with Crippen LogP contribution in [0.4, 0.5) is 0 Å². The number of carbonyl (C=O) groups is 2. The molecule has 0 unspecified atom stereocenters. The van der Waals surface area contributed by atoms with Crippen LogP contribution in [0.2, 0.25) is 0 Å². The summed E-state index contributed by atoms with van der Waals surface area (Å²) in [4.78, 5) is 45.6. The number of hydrogen-bond acceptors (Lipinski definition) is 10. The van der Waals surface area contributed by atoms with Crippen LogP contribution in [-0.2, 0) is 14.3 Å². The Labute approximate surface area is 273 Å². The number of thiazole rings is 1. The zero-order chi connectivity index (χ0) is 33.1. The molecule has 3 heterocycles. The summed E-state index contributed by atoms with van der Waals surface area (Å²) in [5, 5.41) is 0. The predicted molar refractivity (Wildman–Crippen MR) is 176 cm³/mol. The second-order valence-electron chi connectivity index (χ2n) is 10.3.